The van der Waals surface area contributed by atoms with Crippen LogP contribution in [0.1, 0.15) is 12.5 Å². The number of ether oxygens (including phenoxy) is 2. The Morgan fingerprint density at radius 3 is 2.64 bits per heavy atom. The van der Waals surface area contributed by atoms with Crippen LogP contribution in [0.3, 0.4) is 0 Å². The minimum Gasteiger partial charge on any atom is -0.454 e. The summed E-state index contributed by atoms with van der Waals surface area (Å²) in [6.07, 6.45) is 1.77. The van der Waals surface area contributed by atoms with Crippen molar-refractivity contribution >= 4 is 23.6 Å². The quantitative estimate of drug-likeness (QED) is 0.822. The molecule has 0 saturated heterocycles. The smallest absolute Gasteiger partial charge is 0.247 e. The zero-order chi connectivity index (χ0) is 17.6. The van der Waals surface area contributed by atoms with Gasteiger partial charge >= 0.3 is 0 Å². The van der Waals surface area contributed by atoms with E-state index in [2.05, 4.69) is 10.6 Å². The molecule has 0 bridgehead atoms. The summed E-state index contributed by atoms with van der Waals surface area (Å²) in [4.78, 5) is 24.0. The van der Waals surface area contributed by atoms with Crippen molar-refractivity contribution in [1.29, 1.82) is 0 Å². The molecule has 2 amide bonds. The van der Waals surface area contributed by atoms with Crippen molar-refractivity contribution in [2.45, 2.75) is 6.92 Å². The number of nitrogens with one attached hydrogen (secondary N) is 2. The van der Waals surface area contributed by atoms with Crippen molar-refractivity contribution in [3.05, 3.63) is 59.7 Å². The fourth-order valence-corrected chi connectivity index (χ4v) is 2.34. The van der Waals surface area contributed by atoms with Crippen LogP contribution in [0.15, 0.2) is 54.1 Å². The van der Waals surface area contributed by atoms with Crippen molar-refractivity contribution in [3.63, 3.8) is 0 Å². The van der Waals surface area contributed by atoms with Gasteiger partial charge in [-0.1, -0.05) is 30.3 Å². The van der Waals surface area contributed by atoms with E-state index in [9.17, 15) is 9.59 Å². The van der Waals surface area contributed by atoms with Crippen LogP contribution in [0.4, 0.5) is 5.69 Å². The zero-order valence-electron chi connectivity index (χ0n) is 13.7. The number of benzene rings is 2. The fourth-order valence-electron chi connectivity index (χ4n) is 2.34. The van der Waals surface area contributed by atoms with E-state index in [1.54, 1.807) is 31.2 Å². The standard InChI is InChI=1S/C19H18N2O4/c1-13(9-14-5-3-2-4-6-14)19(23)20-11-18(22)21-15-7-8-16-17(10-15)25-12-24-16/h2-10H,11-12H2,1H3,(H,20,23)(H,21,22)/b13-9+. The van der Waals surface area contributed by atoms with E-state index in [1.165, 1.54) is 0 Å². The number of rotatable bonds is 5. The lowest BCUT2D eigenvalue weighted by molar-refractivity contribution is -0.121. The Morgan fingerprint density at radius 2 is 1.84 bits per heavy atom. The van der Waals surface area contributed by atoms with Crippen LogP contribution in [0.25, 0.3) is 6.08 Å². The minimum atomic E-state index is -0.320. The van der Waals surface area contributed by atoms with E-state index in [1.807, 2.05) is 30.3 Å². The summed E-state index contributed by atoms with van der Waals surface area (Å²) in [5, 5.41) is 5.31. The maximum absolute atomic E-state index is 12.1. The monoisotopic (exact) mass is 338 g/mol. The molecule has 2 N–H and O–H groups in total. The van der Waals surface area contributed by atoms with Gasteiger partial charge in [0.1, 0.15) is 0 Å². The Labute approximate surface area is 145 Å². The predicted octanol–water partition coefficient (Wildman–Crippen LogP) is 2.57. The Balaban J connectivity index is 1.51. The Kier molecular flexibility index (Phi) is 4.99. The van der Waals surface area contributed by atoms with E-state index in [-0.39, 0.29) is 25.2 Å². The first-order chi connectivity index (χ1) is 12.1. The van der Waals surface area contributed by atoms with Crippen LogP contribution in [-0.2, 0) is 9.59 Å². The summed E-state index contributed by atoms with van der Waals surface area (Å²) >= 11 is 0. The maximum Gasteiger partial charge on any atom is 0.247 e. The first-order valence-electron chi connectivity index (χ1n) is 7.83. The van der Waals surface area contributed by atoms with Crippen LogP contribution in [0.5, 0.6) is 11.5 Å². The molecule has 25 heavy (non-hydrogen) atoms. The van der Waals surface area contributed by atoms with E-state index >= 15 is 0 Å². The minimum absolute atomic E-state index is 0.118. The van der Waals surface area contributed by atoms with Gasteiger partial charge in [-0.3, -0.25) is 9.59 Å². The predicted molar refractivity (Wildman–Crippen MR) is 94.3 cm³/mol. The first kappa shape index (κ1) is 16.6. The molecule has 0 unspecified atom stereocenters. The molecule has 0 aliphatic carbocycles. The van der Waals surface area contributed by atoms with Gasteiger partial charge in [-0.2, -0.15) is 0 Å². The second-order valence-electron chi connectivity index (χ2n) is 5.54. The molecule has 3 rings (SSSR count). The summed E-state index contributed by atoms with van der Waals surface area (Å²) < 4.78 is 10.5. The summed E-state index contributed by atoms with van der Waals surface area (Å²) in [5.74, 6) is 0.626. The van der Waals surface area contributed by atoms with Crippen LogP contribution >= 0.6 is 0 Å². The number of amides is 2. The van der Waals surface area contributed by atoms with E-state index < -0.39 is 0 Å². The summed E-state index contributed by atoms with van der Waals surface area (Å²) in [7, 11) is 0. The Morgan fingerprint density at radius 1 is 1.08 bits per heavy atom. The topological polar surface area (TPSA) is 76.7 Å². The lowest BCUT2D eigenvalue weighted by Gasteiger charge is -2.08. The van der Waals surface area contributed by atoms with Gasteiger partial charge in [-0.15, -0.1) is 0 Å². The molecule has 0 atom stereocenters. The third-order valence-corrected chi connectivity index (χ3v) is 3.61. The maximum atomic E-state index is 12.1. The van der Waals surface area contributed by atoms with E-state index in [0.29, 0.717) is 22.8 Å². The highest BCUT2D eigenvalue weighted by molar-refractivity contribution is 6.01. The molecule has 0 aromatic heterocycles. The second-order valence-corrected chi connectivity index (χ2v) is 5.54. The number of fused-ring (bicyclic) bond motifs is 1. The van der Waals surface area contributed by atoms with Crippen molar-refractivity contribution < 1.29 is 19.1 Å². The molecular weight excluding hydrogens is 320 g/mol. The van der Waals surface area contributed by atoms with Gasteiger partial charge < -0.3 is 20.1 Å². The Bertz CT molecular complexity index is 815. The molecule has 2 aromatic carbocycles. The van der Waals surface area contributed by atoms with Gasteiger partial charge in [0.25, 0.3) is 0 Å². The van der Waals surface area contributed by atoms with Crippen molar-refractivity contribution in [2.24, 2.45) is 0 Å². The molecule has 1 aliphatic heterocycles. The molecular formula is C19H18N2O4. The average Bonchev–Trinajstić information content (AvgIpc) is 3.08. The highest BCUT2D eigenvalue weighted by atomic mass is 16.7. The van der Waals surface area contributed by atoms with Gasteiger partial charge in [-0.05, 0) is 30.7 Å². The van der Waals surface area contributed by atoms with Crippen molar-refractivity contribution in [1.82, 2.24) is 5.32 Å². The number of anilines is 1. The summed E-state index contributed by atoms with van der Waals surface area (Å²) in [6.45, 7) is 1.77. The molecule has 0 spiro atoms. The van der Waals surface area contributed by atoms with Crippen LogP contribution in [-0.4, -0.2) is 25.2 Å². The third-order valence-electron chi connectivity index (χ3n) is 3.61. The van der Waals surface area contributed by atoms with Gasteiger partial charge in [0.15, 0.2) is 11.5 Å². The van der Waals surface area contributed by atoms with Crippen molar-refractivity contribution in [2.75, 3.05) is 18.7 Å². The summed E-state index contributed by atoms with van der Waals surface area (Å²) in [6, 6.07) is 14.6. The molecule has 2 aromatic rings. The summed E-state index contributed by atoms with van der Waals surface area (Å²) in [5.41, 5.74) is 2.04. The van der Waals surface area contributed by atoms with Gasteiger partial charge in [0.05, 0.1) is 6.54 Å². The SMILES string of the molecule is C/C(=C\c1ccccc1)C(=O)NCC(=O)Nc1ccc2c(c1)OCO2. The molecule has 128 valence electrons. The van der Waals surface area contributed by atoms with Crippen molar-refractivity contribution in [3.8, 4) is 11.5 Å². The van der Waals surface area contributed by atoms with Crippen LogP contribution in [0, 0.1) is 0 Å². The lowest BCUT2D eigenvalue weighted by Crippen LogP contribution is -2.33. The highest BCUT2D eigenvalue weighted by Crippen LogP contribution is 2.34. The molecule has 0 radical (unpaired) electrons. The van der Waals surface area contributed by atoms with Crippen LogP contribution < -0.4 is 20.1 Å². The number of carbonyl (C=O) groups is 2. The lowest BCUT2D eigenvalue weighted by atomic mass is 10.1. The number of hydrogen-bond acceptors (Lipinski definition) is 4. The van der Waals surface area contributed by atoms with Gasteiger partial charge in [-0.25, -0.2) is 0 Å². The first-order valence-corrected chi connectivity index (χ1v) is 7.83. The second kappa shape index (κ2) is 7.53. The van der Waals surface area contributed by atoms with Crippen LogP contribution in [0.2, 0.25) is 0 Å². The Hall–Kier alpha value is -3.28. The third kappa shape index (κ3) is 4.38. The molecule has 6 nitrogen and oxygen atoms in total. The van der Waals surface area contributed by atoms with Gasteiger partial charge in [0.2, 0.25) is 18.6 Å². The molecule has 0 fully saturated rings. The number of carbonyl (C=O) groups excluding carboxylic acids is 2. The largest absolute Gasteiger partial charge is 0.454 e. The molecule has 0 saturated carbocycles. The molecule has 1 aliphatic rings. The average molecular weight is 338 g/mol. The fraction of sp³-hybridized carbons (Fsp3) is 0.158. The molecule has 1 heterocycles. The van der Waals surface area contributed by atoms with E-state index in [4.69, 9.17) is 9.47 Å². The number of hydrogen-bond donors (Lipinski definition) is 2. The zero-order valence-corrected chi connectivity index (χ0v) is 13.7. The normalized spacial score (nSPS) is 12.6. The highest BCUT2D eigenvalue weighted by Gasteiger charge is 2.14. The molecule has 6 heteroatoms. The van der Waals surface area contributed by atoms with Gasteiger partial charge in [0, 0.05) is 17.3 Å². The van der Waals surface area contributed by atoms with E-state index in [0.717, 1.165) is 5.56 Å².